The van der Waals surface area contributed by atoms with Crippen LogP contribution >= 0.6 is 0 Å². The van der Waals surface area contributed by atoms with E-state index in [1.807, 2.05) is 0 Å². The monoisotopic (exact) mass is 306 g/mol. The molecule has 0 unspecified atom stereocenters. The Labute approximate surface area is 136 Å². The van der Waals surface area contributed by atoms with E-state index in [2.05, 4.69) is 26.2 Å². The van der Waals surface area contributed by atoms with Gasteiger partial charge in [0.2, 0.25) is 0 Å². The third-order valence-electron chi connectivity index (χ3n) is 9.11. The first-order valence-electron chi connectivity index (χ1n) is 9.96. The van der Waals surface area contributed by atoms with Crippen molar-refractivity contribution in [1.29, 1.82) is 0 Å². The second kappa shape index (κ2) is 5.21. The lowest BCUT2D eigenvalue weighted by Gasteiger charge is -2.60. The molecule has 0 saturated heterocycles. The largest absolute Gasteiger partial charge is 0.393 e. The van der Waals surface area contributed by atoms with Gasteiger partial charge in [-0.15, -0.1) is 0 Å². The highest BCUT2D eigenvalue weighted by atomic mass is 16.3. The van der Waals surface area contributed by atoms with E-state index in [9.17, 15) is 5.11 Å². The molecule has 22 heavy (non-hydrogen) atoms. The standard InChI is InChI=1S/C20H35NO/c1-19-10-8-14(22)12-13(19)4-5-15-16-6-7-18(21-3)20(16,2)11-9-17(15)19/h13-18,21-22H,4-12H2,1-3H3/p+1/t13-,14+,15-,16+,17-,18+,19-,20-/m0/s1. The van der Waals surface area contributed by atoms with Crippen molar-refractivity contribution in [3.8, 4) is 0 Å². The minimum atomic E-state index is -0.00552. The normalized spacial score (nSPS) is 57.8. The molecule has 8 atom stereocenters. The molecule has 4 aliphatic carbocycles. The molecular weight excluding hydrogens is 270 g/mol. The van der Waals surface area contributed by atoms with Crippen LogP contribution in [0.3, 0.4) is 0 Å². The Balaban J connectivity index is 1.61. The molecule has 0 aromatic carbocycles. The summed E-state index contributed by atoms with van der Waals surface area (Å²) < 4.78 is 0. The molecule has 3 N–H and O–H groups in total. The van der Waals surface area contributed by atoms with Crippen molar-refractivity contribution in [2.45, 2.75) is 83.8 Å². The van der Waals surface area contributed by atoms with Crippen molar-refractivity contribution in [2.75, 3.05) is 7.05 Å². The third kappa shape index (κ3) is 1.99. The van der Waals surface area contributed by atoms with Gasteiger partial charge in [0.25, 0.3) is 0 Å². The molecule has 0 aromatic heterocycles. The van der Waals surface area contributed by atoms with Crippen LogP contribution in [0.5, 0.6) is 0 Å². The summed E-state index contributed by atoms with van der Waals surface area (Å²) in [7, 11) is 2.30. The van der Waals surface area contributed by atoms with Gasteiger partial charge in [0, 0.05) is 11.8 Å². The lowest BCUT2D eigenvalue weighted by molar-refractivity contribution is -0.676. The molecule has 0 heterocycles. The molecule has 0 aromatic rings. The van der Waals surface area contributed by atoms with E-state index in [0.29, 0.717) is 10.8 Å². The van der Waals surface area contributed by atoms with Crippen LogP contribution in [0.4, 0.5) is 0 Å². The Morgan fingerprint density at radius 1 is 0.864 bits per heavy atom. The van der Waals surface area contributed by atoms with Crippen LogP contribution < -0.4 is 5.32 Å². The summed E-state index contributed by atoms with van der Waals surface area (Å²) >= 11 is 0. The summed E-state index contributed by atoms with van der Waals surface area (Å²) in [6.07, 6.45) is 12.1. The zero-order valence-corrected chi connectivity index (χ0v) is 14.9. The number of hydrogen-bond acceptors (Lipinski definition) is 1. The van der Waals surface area contributed by atoms with Gasteiger partial charge in [-0.3, -0.25) is 0 Å². The van der Waals surface area contributed by atoms with E-state index < -0.39 is 0 Å². The zero-order valence-electron chi connectivity index (χ0n) is 14.9. The average Bonchev–Trinajstić information content (AvgIpc) is 2.84. The molecule has 4 saturated carbocycles. The number of rotatable bonds is 1. The zero-order chi connectivity index (χ0) is 15.5. The topological polar surface area (TPSA) is 36.8 Å². The van der Waals surface area contributed by atoms with E-state index in [4.69, 9.17) is 0 Å². The van der Waals surface area contributed by atoms with Crippen LogP contribution in [0.15, 0.2) is 0 Å². The van der Waals surface area contributed by atoms with E-state index in [-0.39, 0.29) is 6.10 Å². The highest BCUT2D eigenvalue weighted by Crippen LogP contribution is 2.65. The molecule has 126 valence electrons. The lowest BCUT2D eigenvalue weighted by Crippen LogP contribution is -2.89. The molecule has 2 heteroatoms. The Morgan fingerprint density at radius 3 is 2.36 bits per heavy atom. The number of hydrogen-bond donors (Lipinski definition) is 2. The van der Waals surface area contributed by atoms with Gasteiger partial charge in [-0.2, -0.15) is 0 Å². The third-order valence-corrected chi connectivity index (χ3v) is 9.11. The first kappa shape index (κ1) is 15.4. The number of fused-ring (bicyclic) bond motifs is 5. The predicted octanol–water partition coefficient (Wildman–Crippen LogP) is 2.95. The summed E-state index contributed by atoms with van der Waals surface area (Å²) in [5.41, 5.74) is 1.14. The fraction of sp³-hybridized carbons (Fsp3) is 1.00. The molecule has 0 radical (unpaired) electrons. The van der Waals surface area contributed by atoms with Crippen molar-refractivity contribution in [1.82, 2.24) is 0 Å². The van der Waals surface area contributed by atoms with Gasteiger partial charge < -0.3 is 10.4 Å². The van der Waals surface area contributed by atoms with Crippen molar-refractivity contribution >= 4 is 0 Å². The number of aliphatic hydroxyl groups excluding tert-OH is 1. The molecule has 0 bridgehead atoms. The maximum absolute atomic E-state index is 10.1. The Kier molecular flexibility index (Phi) is 3.66. The lowest BCUT2D eigenvalue weighted by atomic mass is 9.45. The highest BCUT2D eigenvalue weighted by molar-refractivity contribution is 5.09. The van der Waals surface area contributed by atoms with E-state index in [1.54, 1.807) is 0 Å². The Morgan fingerprint density at radius 2 is 1.59 bits per heavy atom. The summed E-state index contributed by atoms with van der Waals surface area (Å²) in [5.74, 6) is 3.72. The van der Waals surface area contributed by atoms with Crippen LogP contribution in [0.25, 0.3) is 0 Å². The van der Waals surface area contributed by atoms with Gasteiger partial charge in [-0.1, -0.05) is 13.8 Å². The van der Waals surface area contributed by atoms with E-state index in [1.165, 1.54) is 44.9 Å². The quantitative estimate of drug-likeness (QED) is 0.768. The molecule has 0 spiro atoms. The predicted molar refractivity (Wildman–Crippen MR) is 89.4 cm³/mol. The SMILES string of the molecule is C[NH2+][C@@H]1CC[C@@H]2[C@@H]3CC[C@H]4C[C@H](O)CC[C@]4(C)[C@H]3CC[C@@]21C. The summed E-state index contributed by atoms with van der Waals surface area (Å²) in [6.45, 7) is 5.21. The van der Waals surface area contributed by atoms with Gasteiger partial charge in [0.1, 0.15) is 0 Å². The fourth-order valence-electron chi connectivity index (χ4n) is 7.82. The van der Waals surface area contributed by atoms with Gasteiger partial charge >= 0.3 is 0 Å². The maximum Gasteiger partial charge on any atom is 0.0914 e. The van der Waals surface area contributed by atoms with Crippen LogP contribution in [0.2, 0.25) is 0 Å². The van der Waals surface area contributed by atoms with E-state index in [0.717, 1.165) is 42.6 Å². The second-order valence-corrected chi connectivity index (χ2v) is 9.65. The van der Waals surface area contributed by atoms with Crippen molar-refractivity contribution in [3.05, 3.63) is 0 Å². The van der Waals surface area contributed by atoms with Crippen molar-refractivity contribution in [2.24, 2.45) is 34.5 Å². The first-order chi connectivity index (χ1) is 10.5. The fourth-order valence-corrected chi connectivity index (χ4v) is 7.82. The van der Waals surface area contributed by atoms with Crippen LogP contribution in [-0.4, -0.2) is 24.3 Å². The smallest absolute Gasteiger partial charge is 0.0914 e. The van der Waals surface area contributed by atoms with E-state index >= 15 is 0 Å². The summed E-state index contributed by atoms with van der Waals surface area (Å²) in [6, 6.07) is 0.872. The Bertz CT molecular complexity index is 437. The Hall–Kier alpha value is -0.0800. The minimum absolute atomic E-state index is 0.00552. The van der Waals surface area contributed by atoms with Crippen LogP contribution in [0, 0.1) is 34.5 Å². The van der Waals surface area contributed by atoms with Gasteiger partial charge in [0.15, 0.2) is 0 Å². The minimum Gasteiger partial charge on any atom is -0.393 e. The molecule has 4 fully saturated rings. The summed E-state index contributed by atoms with van der Waals surface area (Å²) in [5, 5.41) is 12.6. The van der Waals surface area contributed by atoms with Crippen LogP contribution in [0.1, 0.15) is 71.6 Å². The number of aliphatic hydroxyl groups is 1. The molecule has 4 aliphatic rings. The van der Waals surface area contributed by atoms with Gasteiger partial charge in [0.05, 0.1) is 19.2 Å². The molecular formula is C20H36NO+. The maximum atomic E-state index is 10.1. The van der Waals surface area contributed by atoms with Crippen molar-refractivity contribution < 1.29 is 10.4 Å². The van der Waals surface area contributed by atoms with Crippen molar-refractivity contribution in [3.63, 3.8) is 0 Å². The molecule has 4 rings (SSSR count). The molecule has 2 nitrogen and oxygen atoms in total. The second-order valence-electron chi connectivity index (χ2n) is 9.65. The van der Waals surface area contributed by atoms with Gasteiger partial charge in [-0.05, 0) is 80.5 Å². The molecule has 0 amide bonds. The number of nitrogens with two attached hydrogens (primary N) is 1. The first-order valence-corrected chi connectivity index (χ1v) is 9.96. The molecule has 0 aliphatic heterocycles. The summed E-state index contributed by atoms with van der Waals surface area (Å²) in [4.78, 5) is 0. The average molecular weight is 307 g/mol. The van der Waals surface area contributed by atoms with Gasteiger partial charge in [-0.25, -0.2) is 0 Å². The number of quaternary nitrogens is 1. The van der Waals surface area contributed by atoms with Crippen LogP contribution in [-0.2, 0) is 0 Å². The highest BCUT2D eigenvalue weighted by Gasteiger charge is 2.60.